The molecule has 2 saturated heterocycles. The largest absolute Gasteiger partial charge is 0.373 e. The highest BCUT2D eigenvalue weighted by atomic mass is 16.5. The van der Waals surface area contributed by atoms with E-state index in [1.807, 2.05) is 6.92 Å². The van der Waals surface area contributed by atoms with Crippen LogP contribution in [0.3, 0.4) is 0 Å². The number of ether oxygens (including phenoxy) is 1. The minimum Gasteiger partial charge on any atom is -0.373 e. The smallest absolute Gasteiger partial charge is 0.132 e. The fourth-order valence-electron chi connectivity index (χ4n) is 3.66. The van der Waals surface area contributed by atoms with Crippen molar-refractivity contribution in [2.24, 2.45) is 0 Å². The summed E-state index contributed by atoms with van der Waals surface area (Å²) in [5, 5.41) is 0. The molecule has 0 aromatic carbocycles. The Labute approximate surface area is 127 Å². The number of anilines is 1. The molecular formula is C16H26N4O. The van der Waals surface area contributed by atoms with Gasteiger partial charge in [0.1, 0.15) is 12.1 Å². The summed E-state index contributed by atoms with van der Waals surface area (Å²) in [6.07, 6.45) is 4.86. The van der Waals surface area contributed by atoms with Crippen LogP contribution < -0.4 is 4.90 Å². The van der Waals surface area contributed by atoms with Crippen LogP contribution in [0.5, 0.6) is 0 Å². The van der Waals surface area contributed by atoms with Gasteiger partial charge in [-0.15, -0.1) is 0 Å². The minimum atomic E-state index is 0.338. The van der Waals surface area contributed by atoms with E-state index in [1.54, 1.807) is 6.33 Å². The minimum absolute atomic E-state index is 0.338. The maximum Gasteiger partial charge on any atom is 0.132 e. The molecule has 2 fully saturated rings. The molecule has 0 radical (unpaired) electrons. The molecule has 3 unspecified atom stereocenters. The maximum atomic E-state index is 5.83. The van der Waals surface area contributed by atoms with Crippen molar-refractivity contribution in [2.75, 3.05) is 31.1 Å². The van der Waals surface area contributed by atoms with Crippen LogP contribution >= 0.6 is 0 Å². The zero-order valence-electron chi connectivity index (χ0n) is 13.3. The van der Waals surface area contributed by atoms with Gasteiger partial charge in [0, 0.05) is 44.0 Å². The topological polar surface area (TPSA) is 41.5 Å². The maximum absolute atomic E-state index is 5.83. The third kappa shape index (κ3) is 3.52. The van der Waals surface area contributed by atoms with Crippen molar-refractivity contribution in [3.05, 3.63) is 18.1 Å². The predicted molar refractivity (Wildman–Crippen MR) is 83.6 cm³/mol. The number of aromatic nitrogens is 2. The molecule has 1 aromatic rings. The summed E-state index contributed by atoms with van der Waals surface area (Å²) in [6.45, 7) is 10.7. The molecule has 0 spiro atoms. The van der Waals surface area contributed by atoms with Gasteiger partial charge in [0.25, 0.3) is 0 Å². The lowest BCUT2D eigenvalue weighted by Crippen LogP contribution is -2.50. The van der Waals surface area contributed by atoms with E-state index in [9.17, 15) is 0 Å². The molecule has 0 saturated carbocycles. The van der Waals surface area contributed by atoms with E-state index in [4.69, 9.17) is 4.74 Å². The number of aryl methyl sites for hydroxylation is 1. The zero-order valence-corrected chi connectivity index (χ0v) is 13.3. The van der Waals surface area contributed by atoms with Crippen molar-refractivity contribution in [3.8, 4) is 0 Å². The molecule has 3 atom stereocenters. The number of rotatable bonds is 3. The van der Waals surface area contributed by atoms with Crippen molar-refractivity contribution in [1.82, 2.24) is 14.9 Å². The van der Waals surface area contributed by atoms with E-state index in [1.165, 1.54) is 12.8 Å². The van der Waals surface area contributed by atoms with Gasteiger partial charge in [0.05, 0.1) is 12.2 Å². The van der Waals surface area contributed by atoms with Gasteiger partial charge in [-0.25, -0.2) is 9.97 Å². The Morgan fingerprint density at radius 2 is 2.00 bits per heavy atom. The first-order valence-electron chi connectivity index (χ1n) is 8.05. The van der Waals surface area contributed by atoms with E-state index < -0.39 is 0 Å². The lowest BCUT2D eigenvalue weighted by molar-refractivity contribution is -0.0689. The Morgan fingerprint density at radius 1 is 1.24 bits per heavy atom. The second-order valence-electron chi connectivity index (χ2n) is 6.48. The number of hydrogen-bond donors (Lipinski definition) is 0. The van der Waals surface area contributed by atoms with E-state index in [0.29, 0.717) is 18.2 Å². The number of nitrogens with zero attached hydrogens (tertiary/aromatic N) is 4. The normalized spacial score (nSPS) is 30.8. The van der Waals surface area contributed by atoms with Gasteiger partial charge >= 0.3 is 0 Å². The number of hydrogen-bond acceptors (Lipinski definition) is 5. The average molecular weight is 290 g/mol. The van der Waals surface area contributed by atoms with Crippen molar-refractivity contribution < 1.29 is 4.74 Å². The fraction of sp³-hybridized carbons (Fsp3) is 0.750. The van der Waals surface area contributed by atoms with Crippen molar-refractivity contribution >= 4 is 5.82 Å². The summed E-state index contributed by atoms with van der Waals surface area (Å²) in [5.74, 6) is 1.08. The van der Waals surface area contributed by atoms with Gasteiger partial charge in [-0.3, -0.25) is 4.90 Å². The van der Waals surface area contributed by atoms with Gasteiger partial charge < -0.3 is 9.64 Å². The third-order valence-corrected chi connectivity index (χ3v) is 4.42. The van der Waals surface area contributed by atoms with E-state index in [2.05, 4.69) is 39.7 Å². The lowest BCUT2D eigenvalue weighted by Gasteiger charge is -2.38. The molecular weight excluding hydrogens is 264 g/mol. The molecule has 2 aliphatic rings. The van der Waals surface area contributed by atoms with Crippen LogP contribution in [-0.2, 0) is 4.74 Å². The van der Waals surface area contributed by atoms with Gasteiger partial charge in [-0.2, -0.15) is 0 Å². The van der Waals surface area contributed by atoms with Crippen LogP contribution in [0.2, 0.25) is 0 Å². The van der Waals surface area contributed by atoms with Crippen LogP contribution in [0.25, 0.3) is 0 Å². The molecule has 5 heteroatoms. The summed E-state index contributed by atoms with van der Waals surface area (Å²) < 4.78 is 5.83. The van der Waals surface area contributed by atoms with Crippen LogP contribution in [0.15, 0.2) is 12.4 Å². The van der Waals surface area contributed by atoms with Crippen LogP contribution in [0.1, 0.15) is 32.4 Å². The van der Waals surface area contributed by atoms with Gasteiger partial charge in [-0.05, 0) is 33.6 Å². The Hall–Kier alpha value is -1.20. The molecule has 0 bridgehead atoms. The Morgan fingerprint density at radius 3 is 2.71 bits per heavy atom. The summed E-state index contributed by atoms with van der Waals surface area (Å²) in [6, 6.07) is 2.67. The molecule has 3 heterocycles. The second-order valence-corrected chi connectivity index (χ2v) is 6.48. The van der Waals surface area contributed by atoms with E-state index in [-0.39, 0.29) is 0 Å². The van der Waals surface area contributed by atoms with Crippen LogP contribution in [0.4, 0.5) is 5.82 Å². The molecule has 0 aliphatic carbocycles. The predicted octanol–water partition coefficient (Wildman–Crippen LogP) is 1.86. The third-order valence-electron chi connectivity index (χ3n) is 4.42. The Bertz CT molecular complexity index is 471. The quantitative estimate of drug-likeness (QED) is 0.850. The molecule has 116 valence electrons. The Kier molecular flexibility index (Phi) is 4.40. The monoisotopic (exact) mass is 290 g/mol. The number of morpholine rings is 1. The summed E-state index contributed by atoms with van der Waals surface area (Å²) >= 11 is 0. The van der Waals surface area contributed by atoms with Crippen molar-refractivity contribution in [1.29, 1.82) is 0 Å². The van der Waals surface area contributed by atoms with E-state index >= 15 is 0 Å². The van der Waals surface area contributed by atoms with Crippen LogP contribution in [0, 0.1) is 6.92 Å². The van der Waals surface area contributed by atoms with E-state index in [0.717, 1.165) is 37.7 Å². The second kappa shape index (κ2) is 6.28. The molecule has 0 N–H and O–H groups in total. The molecule has 2 aliphatic heterocycles. The summed E-state index contributed by atoms with van der Waals surface area (Å²) in [4.78, 5) is 13.7. The first-order chi connectivity index (χ1) is 10.1. The first-order valence-corrected chi connectivity index (χ1v) is 8.05. The Balaban J connectivity index is 1.67. The molecule has 21 heavy (non-hydrogen) atoms. The van der Waals surface area contributed by atoms with Gasteiger partial charge in [0.2, 0.25) is 0 Å². The zero-order chi connectivity index (χ0) is 14.8. The summed E-state index contributed by atoms with van der Waals surface area (Å²) in [5.41, 5.74) is 1.04. The summed E-state index contributed by atoms with van der Waals surface area (Å²) in [7, 11) is 0. The SMILES string of the molecule is Cc1cc(N2CCCC2CN2CC(C)OC(C)C2)ncn1. The van der Waals surface area contributed by atoms with Crippen LogP contribution in [-0.4, -0.2) is 59.3 Å². The highest BCUT2D eigenvalue weighted by molar-refractivity contribution is 5.41. The van der Waals surface area contributed by atoms with Crippen molar-refractivity contribution in [3.63, 3.8) is 0 Å². The standard InChI is InChI=1S/C16H26N4O/c1-12-7-16(18-11-17-12)20-6-4-5-15(20)10-19-8-13(2)21-14(3)9-19/h7,11,13-15H,4-6,8-10H2,1-3H3. The van der Waals surface area contributed by atoms with Gasteiger partial charge in [-0.1, -0.05) is 0 Å². The molecule has 0 amide bonds. The average Bonchev–Trinajstić information content (AvgIpc) is 2.85. The molecule has 5 nitrogen and oxygen atoms in total. The first kappa shape index (κ1) is 14.7. The highest BCUT2D eigenvalue weighted by Gasteiger charge is 2.30. The molecule has 1 aromatic heterocycles. The highest BCUT2D eigenvalue weighted by Crippen LogP contribution is 2.25. The molecule has 3 rings (SSSR count). The van der Waals surface area contributed by atoms with Crippen molar-refractivity contribution in [2.45, 2.75) is 51.9 Å². The van der Waals surface area contributed by atoms with Gasteiger partial charge in [0.15, 0.2) is 0 Å². The lowest BCUT2D eigenvalue weighted by atomic mass is 10.1. The fourth-order valence-corrected chi connectivity index (χ4v) is 3.66.